The lowest BCUT2D eigenvalue weighted by atomic mass is 10.2. The van der Waals surface area contributed by atoms with E-state index >= 15 is 0 Å². The third-order valence-corrected chi connectivity index (χ3v) is 7.49. The molecule has 1 aliphatic heterocycles. The highest BCUT2D eigenvalue weighted by molar-refractivity contribution is 7.90. The van der Waals surface area contributed by atoms with Gasteiger partial charge in [-0.3, -0.25) is 14.6 Å². The van der Waals surface area contributed by atoms with E-state index in [9.17, 15) is 26.8 Å². The molecule has 0 spiro atoms. The van der Waals surface area contributed by atoms with Gasteiger partial charge in [-0.1, -0.05) is 18.2 Å². The highest BCUT2D eigenvalue weighted by Crippen LogP contribution is 2.26. The number of nitrogens with zero attached hydrogens (tertiary/aromatic N) is 3. The van der Waals surface area contributed by atoms with Gasteiger partial charge in [-0.25, -0.2) is 12.4 Å². The number of nitrogens with one attached hydrogen (secondary N) is 1. The van der Waals surface area contributed by atoms with Crippen molar-refractivity contribution in [2.45, 2.75) is 36.6 Å². The summed E-state index contributed by atoms with van der Waals surface area (Å²) in [6.45, 7) is -3.86. The molecule has 3 heterocycles. The number of fused-ring (bicyclic) bond motifs is 1. The van der Waals surface area contributed by atoms with E-state index < -0.39 is 47.1 Å². The monoisotopic (exact) mass is 507 g/mol. The maximum Gasteiger partial charge on any atom is 0.345 e. The Bertz CT molecular complexity index is 1330. The molecule has 0 unspecified atom stereocenters. The molecule has 10 nitrogen and oxygen atoms in total. The van der Waals surface area contributed by atoms with Crippen LogP contribution in [0.3, 0.4) is 0 Å². The maximum absolute atomic E-state index is 13.4. The van der Waals surface area contributed by atoms with E-state index in [0.29, 0.717) is 10.9 Å². The van der Waals surface area contributed by atoms with E-state index in [4.69, 9.17) is 5.73 Å². The molecule has 4 rings (SSSR count). The molecule has 2 amide bonds. The average Bonchev–Trinajstić information content (AvgIpc) is 3.44. The van der Waals surface area contributed by atoms with Gasteiger partial charge >= 0.3 is 6.61 Å². The number of hydrogen-bond acceptors (Lipinski definition) is 7. The SMILES string of the molecule is NCC(=O)N1C[C@H](OC(F)F)C[C@H]1C(=O)NCc1cc2cnccc2n1S(=O)(=O)c1ccccc1. The van der Waals surface area contributed by atoms with Crippen LogP contribution >= 0.6 is 0 Å². The number of halogens is 2. The maximum atomic E-state index is 13.4. The summed E-state index contributed by atoms with van der Waals surface area (Å²) in [5.41, 5.74) is 6.03. The Balaban J connectivity index is 1.61. The van der Waals surface area contributed by atoms with Crippen molar-refractivity contribution in [1.29, 1.82) is 0 Å². The topological polar surface area (TPSA) is 137 Å². The highest BCUT2D eigenvalue weighted by Gasteiger charge is 2.40. The molecule has 0 radical (unpaired) electrons. The van der Waals surface area contributed by atoms with Gasteiger partial charge in [0.25, 0.3) is 10.0 Å². The van der Waals surface area contributed by atoms with E-state index in [1.807, 2.05) is 0 Å². The molecule has 0 bridgehead atoms. The fraction of sp³-hybridized carbons (Fsp3) is 0.318. The Labute approximate surface area is 199 Å². The summed E-state index contributed by atoms with van der Waals surface area (Å²) in [5.74, 6) is -1.23. The molecule has 3 N–H and O–H groups in total. The molecule has 3 aromatic rings. The van der Waals surface area contributed by atoms with Gasteiger partial charge in [0.05, 0.1) is 35.3 Å². The Hall–Kier alpha value is -3.42. The van der Waals surface area contributed by atoms with Crippen LogP contribution in [0.4, 0.5) is 8.78 Å². The predicted octanol–water partition coefficient (Wildman–Crippen LogP) is 1.06. The second-order valence-electron chi connectivity index (χ2n) is 7.89. The average molecular weight is 508 g/mol. The second kappa shape index (κ2) is 10.1. The number of ether oxygens (including phenoxy) is 1. The molecule has 1 aliphatic rings. The number of amides is 2. The minimum atomic E-state index is -4.02. The Morgan fingerprint density at radius 3 is 2.66 bits per heavy atom. The van der Waals surface area contributed by atoms with Crippen LogP contribution in [0.25, 0.3) is 10.9 Å². The van der Waals surface area contributed by atoms with Gasteiger partial charge in [0.15, 0.2) is 0 Å². The van der Waals surface area contributed by atoms with Crippen molar-refractivity contribution in [3.05, 3.63) is 60.6 Å². The zero-order valence-corrected chi connectivity index (χ0v) is 19.2. The molecular formula is C22H23F2N5O5S. The summed E-state index contributed by atoms with van der Waals surface area (Å²) >= 11 is 0. The van der Waals surface area contributed by atoms with Crippen LogP contribution in [0, 0.1) is 0 Å². The number of hydrogen-bond donors (Lipinski definition) is 2. The molecule has 0 saturated carbocycles. The third-order valence-electron chi connectivity index (χ3n) is 5.71. The molecule has 2 aromatic heterocycles. The normalized spacial score (nSPS) is 18.3. The van der Waals surface area contributed by atoms with E-state index in [-0.39, 0.29) is 30.1 Å². The number of carbonyl (C=O) groups excluding carboxylic acids is 2. The summed E-state index contributed by atoms with van der Waals surface area (Å²) in [7, 11) is -4.02. The van der Waals surface area contributed by atoms with Crippen molar-refractivity contribution in [3.63, 3.8) is 0 Å². The molecule has 0 aliphatic carbocycles. The van der Waals surface area contributed by atoms with Crippen molar-refractivity contribution in [2.24, 2.45) is 5.73 Å². The fourth-order valence-electron chi connectivity index (χ4n) is 4.17. The minimum absolute atomic E-state index is 0.0596. The van der Waals surface area contributed by atoms with Gasteiger partial charge in [0.1, 0.15) is 6.04 Å². The summed E-state index contributed by atoms with van der Waals surface area (Å²) in [6, 6.07) is 9.87. The van der Waals surface area contributed by atoms with Crippen molar-refractivity contribution < 1.29 is 31.5 Å². The van der Waals surface area contributed by atoms with Gasteiger partial charge in [0, 0.05) is 30.7 Å². The van der Waals surface area contributed by atoms with Gasteiger partial charge in [-0.15, -0.1) is 0 Å². The fourth-order valence-corrected chi connectivity index (χ4v) is 5.73. The number of carbonyl (C=O) groups is 2. The third kappa shape index (κ3) is 5.01. The molecule has 2 atom stereocenters. The van der Waals surface area contributed by atoms with Crippen LogP contribution < -0.4 is 11.1 Å². The van der Waals surface area contributed by atoms with Crippen molar-refractivity contribution >= 4 is 32.7 Å². The van der Waals surface area contributed by atoms with Crippen LogP contribution in [0.5, 0.6) is 0 Å². The Morgan fingerprint density at radius 1 is 1.23 bits per heavy atom. The van der Waals surface area contributed by atoms with Gasteiger partial charge < -0.3 is 20.7 Å². The number of nitrogens with two attached hydrogens (primary N) is 1. The molecule has 1 aromatic carbocycles. The smallest absolute Gasteiger partial charge is 0.345 e. The zero-order chi connectivity index (χ0) is 25.2. The molecule has 1 fully saturated rings. The van der Waals surface area contributed by atoms with Crippen LogP contribution in [0.1, 0.15) is 12.1 Å². The van der Waals surface area contributed by atoms with E-state index in [2.05, 4.69) is 15.0 Å². The summed E-state index contributed by atoms with van der Waals surface area (Å²) in [5, 5.41) is 3.17. The number of rotatable bonds is 8. The molecule has 13 heteroatoms. The van der Waals surface area contributed by atoms with Crippen LogP contribution in [0.15, 0.2) is 59.8 Å². The lowest BCUT2D eigenvalue weighted by Crippen LogP contribution is -2.47. The highest BCUT2D eigenvalue weighted by atomic mass is 32.2. The van der Waals surface area contributed by atoms with Crippen LogP contribution in [-0.2, 0) is 30.9 Å². The van der Waals surface area contributed by atoms with Gasteiger partial charge in [-0.05, 0) is 24.3 Å². The first-order chi connectivity index (χ1) is 16.7. The van der Waals surface area contributed by atoms with Crippen molar-refractivity contribution in [3.8, 4) is 0 Å². The lowest BCUT2D eigenvalue weighted by Gasteiger charge is -2.23. The molecule has 1 saturated heterocycles. The quantitative estimate of drug-likeness (QED) is 0.465. The molecular weight excluding hydrogens is 484 g/mol. The number of alkyl halides is 2. The number of benzene rings is 1. The largest absolute Gasteiger partial charge is 0.349 e. The Morgan fingerprint density at radius 2 is 1.97 bits per heavy atom. The van der Waals surface area contributed by atoms with Crippen LogP contribution in [-0.4, -0.2) is 65.9 Å². The number of aromatic nitrogens is 2. The van der Waals surface area contributed by atoms with Crippen LogP contribution in [0.2, 0.25) is 0 Å². The predicted molar refractivity (Wildman–Crippen MR) is 121 cm³/mol. The van der Waals surface area contributed by atoms with Gasteiger partial charge in [-0.2, -0.15) is 8.78 Å². The number of pyridine rings is 1. The van der Waals surface area contributed by atoms with Crippen molar-refractivity contribution in [2.75, 3.05) is 13.1 Å². The van der Waals surface area contributed by atoms with E-state index in [0.717, 1.165) is 8.87 Å². The molecule has 186 valence electrons. The lowest BCUT2D eigenvalue weighted by molar-refractivity contribution is -0.160. The zero-order valence-electron chi connectivity index (χ0n) is 18.4. The first-order valence-corrected chi connectivity index (χ1v) is 12.1. The van der Waals surface area contributed by atoms with Crippen molar-refractivity contribution in [1.82, 2.24) is 19.2 Å². The Kier molecular flexibility index (Phi) is 7.10. The summed E-state index contributed by atoms with van der Waals surface area (Å²) in [6.07, 6.45) is 1.79. The minimum Gasteiger partial charge on any atom is -0.349 e. The van der Waals surface area contributed by atoms with E-state index in [1.54, 1.807) is 30.3 Å². The summed E-state index contributed by atoms with van der Waals surface area (Å²) in [4.78, 5) is 30.3. The van der Waals surface area contributed by atoms with E-state index in [1.165, 1.54) is 24.5 Å². The summed E-state index contributed by atoms with van der Waals surface area (Å²) < 4.78 is 57.8. The molecule has 35 heavy (non-hydrogen) atoms. The standard InChI is InChI=1S/C22H23F2N5O5S/c23-22(24)34-16-9-19(28(13-16)20(30)10-25)21(31)27-12-15-8-14-11-26-7-6-18(14)29(15)35(32,33)17-4-2-1-3-5-17/h1-8,11,16,19,22H,9-10,12-13,25H2,(H,27,31)/t16-,19+/m1/s1. The first-order valence-electron chi connectivity index (χ1n) is 10.7. The van der Waals surface area contributed by atoms with Gasteiger partial charge in [0.2, 0.25) is 11.8 Å². The second-order valence-corrected chi connectivity index (χ2v) is 9.68. The first kappa shape index (κ1) is 24.7. The number of likely N-dealkylation sites (tertiary alicyclic amines) is 1.